The van der Waals surface area contributed by atoms with E-state index in [0.29, 0.717) is 12.1 Å². The number of aromatic nitrogens is 2. The number of nitro groups is 1. The normalized spacial score (nSPS) is 11.7. The van der Waals surface area contributed by atoms with E-state index in [1.165, 1.54) is 12.1 Å². The SMILES string of the molecule is N/N=C(\Cc1nc2ccccc2[nH]1)c1ccc([N+](=O)[O-])cc1. The molecule has 0 atom stereocenters. The number of nitrogens with zero attached hydrogens (tertiary/aromatic N) is 3. The number of imidazole rings is 1. The Kier molecular flexibility index (Phi) is 3.53. The second-order valence-corrected chi connectivity index (χ2v) is 4.76. The molecule has 3 rings (SSSR count). The summed E-state index contributed by atoms with van der Waals surface area (Å²) in [5.74, 6) is 6.20. The van der Waals surface area contributed by atoms with Gasteiger partial charge in [0.1, 0.15) is 5.82 Å². The highest BCUT2D eigenvalue weighted by Gasteiger charge is 2.11. The number of H-pyrrole nitrogens is 1. The van der Waals surface area contributed by atoms with Crippen molar-refractivity contribution in [2.24, 2.45) is 10.9 Å². The van der Waals surface area contributed by atoms with Crippen molar-refractivity contribution in [1.82, 2.24) is 9.97 Å². The molecule has 0 aliphatic rings. The van der Waals surface area contributed by atoms with Gasteiger partial charge in [-0.25, -0.2) is 4.98 Å². The number of nitrogens with one attached hydrogen (secondary N) is 1. The first kappa shape index (κ1) is 13.7. The van der Waals surface area contributed by atoms with Gasteiger partial charge in [-0.15, -0.1) is 0 Å². The molecule has 3 N–H and O–H groups in total. The van der Waals surface area contributed by atoms with Crippen LogP contribution in [0.5, 0.6) is 0 Å². The molecule has 0 aliphatic heterocycles. The zero-order chi connectivity index (χ0) is 15.5. The van der Waals surface area contributed by atoms with Gasteiger partial charge in [0.2, 0.25) is 0 Å². The van der Waals surface area contributed by atoms with Crippen molar-refractivity contribution >= 4 is 22.4 Å². The van der Waals surface area contributed by atoms with E-state index in [-0.39, 0.29) is 5.69 Å². The van der Waals surface area contributed by atoms with Crippen LogP contribution >= 0.6 is 0 Å². The van der Waals surface area contributed by atoms with Crippen molar-refractivity contribution in [1.29, 1.82) is 0 Å². The maximum atomic E-state index is 10.7. The molecule has 22 heavy (non-hydrogen) atoms. The molecule has 2 aromatic carbocycles. The third kappa shape index (κ3) is 2.64. The molecule has 0 saturated carbocycles. The minimum atomic E-state index is -0.442. The van der Waals surface area contributed by atoms with Crippen LogP contribution in [-0.2, 0) is 6.42 Å². The summed E-state index contributed by atoms with van der Waals surface area (Å²) in [6.07, 6.45) is 0.420. The number of non-ortho nitro benzene ring substituents is 1. The zero-order valence-corrected chi connectivity index (χ0v) is 11.6. The van der Waals surface area contributed by atoms with Gasteiger partial charge in [0.15, 0.2) is 0 Å². The van der Waals surface area contributed by atoms with E-state index < -0.39 is 4.92 Å². The second-order valence-electron chi connectivity index (χ2n) is 4.76. The largest absolute Gasteiger partial charge is 0.342 e. The predicted molar refractivity (Wildman–Crippen MR) is 83.6 cm³/mol. The number of hydrogen-bond donors (Lipinski definition) is 2. The van der Waals surface area contributed by atoms with Crippen molar-refractivity contribution < 1.29 is 4.92 Å². The number of hydrazone groups is 1. The highest BCUT2D eigenvalue weighted by atomic mass is 16.6. The van der Waals surface area contributed by atoms with Crippen LogP contribution in [0, 0.1) is 10.1 Å². The smallest absolute Gasteiger partial charge is 0.269 e. The van der Waals surface area contributed by atoms with Crippen molar-refractivity contribution in [2.75, 3.05) is 0 Å². The summed E-state index contributed by atoms with van der Waals surface area (Å²) >= 11 is 0. The van der Waals surface area contributed by atoms with Crippen molar-refractivity contribution in [3.63, 3.8) is 0 Å². The molecule has 0 spiro atoms. The minimum absolute atomic E-state index is 0.0314. The van der Waals surface area contributed by atoms with E-state index >= 15 is 0 Å². The lowest BCUT2D eigenvalue weighted by atomic mass is 10.1. The fourth-order valence-corrected chi connectivity index (χ4v) is 2.25. The summed E-state index contributed by atoms with van der Waals surface area (Å²) < 4.78 is 0. The molecule has 0 unspecified atom stereocenters. The zero-order valence-electron chi connectivity index (χ0n) is 11.6. The lowest BCUT2D eigenvalue weighted by molar-refractivity contribution is -0.384. The Hall–Kier alpha value is -3.22. The number of rotatable bonds is 4. The topological polar surface area (TPSA) is 110 Å². The third-order valence-electron chi connectivity index (χ3n) is 3.34. The third-order valence-corrected chi connectivity index (χ3v) is 3.34. The number of para-hydroxylation sites is 2. The molecule has 1 heterocycles. The Balaban J connectivity index is 1.86. The van der Waals surface area contributed by atoms with E-state index in [1.807, 2.05) is 24.3 Å². The summed E-state index contributed by atoms with van der Waals surface area (Å²) in [5.41, 5.74) is 3.18. The van der Waals surface area contributed by atoms with Crippen LogP contribution in [0.4, 0.5) is 5.69 Å². The molecule has 0 saturated heterocycles. The van der Waals surface area contributed by atoms with Gasteiger partial charge in [-0.1, -0.05) is 12.1 Å². The standard InChI is InChI=1S/C15H13N5O2/c16-19-14(10-5-7-11(8-6-10)20(21)22)9-15-17-12-3-1-2-4-13(12)18-15/h1-8H,9,16H2,(H,17,18)/b19-14+. The predicted octanol–water partition coefficient (Wildman–Crippen LogP) is 2.38. The Bertz CT molecular complexity index is 819. The van der Waals surface area contributed by atoms with Crippen LogP contribution in [-0.4, -0.2) is 20.6 Å². The Morgan fingerprint density at radius 2 is 1.95 bits per heavy atom. The first-order chi connectivity index (χ1) is 10.7. The number of hydrogen-bond acceptors (Lipinski definition) is 5. The monoisotopic (exact) mass is 295 g/mol. The average Bonchev–Trinajstić information content (AvgIpc) is 2.95. The van der Waals surface area contributed by atoms with Gasteiger partial charge >= 0.3 is 0 Å². The number of aromatic amines is 1. The highest BCUT2D eigenvalue weighted by Crippen LogP contribution is 2.15. The maximum Gasteiger partial charge on any atom is 0.269 e. The van der Waals surface area contributed by atoms with E-state index in [0.717, 1.165) is 22.4 Å². The molecule has 7 heteroatoms. The van der Waals surface area contributed by atoms with Gasteiger partial charge in [0.25, 0.3) is 5.69 Å². The van der Waals surface area contributed by atoms with Crippen LogP contribution < -0.4 is 5.84 Å². The molecule has 0 bridgehead atoms. The van der Waals surface area contributed by atoms with Gasteiger partial charge in [-0.3, -0.25) is 10.1 Å². The molecule has 7 nitrogen and oxygen atoms in total. The Morgan fingerprint density at radius 1 is 1.23 bits per heavy atom. The van der Waals surface area contributed by atoms with Crippen LogP contribution in [0.3, 0.4) is 0 Å². The molecule has 0 radical (unpaired) electrons. The lowest BCUT2D eigenvalue weighted by Crippen LogP contribution is -2.09. The quantitative estimate of drug-likeness (QED) is 0.333. The molecule has 110 valence electrons. The molecular formula is C15H13N5O2. The van der Waals surface area contributed by atoms with Crippen LogP contribution in [0.25, 0.3) is 11.0 Å². The molecule has 3 aromatic rings. The van der Waals surface area contributed by atoms with E-state index in [1.54, 1.807) is 12.1 Å². The fourth-order valence-electron chi connectivity index (χ4n) is 2.25. The first-order valence-electron chi connectivity index (χ1n) is 6.62. The van der Waals surface area contributed by atoms with E-state index in [2.05, 4.69) is 15.1 Å². The molecule has 1 aromatic heterocycles. The van der Waals surface area contributed by atoms with Gasteiger partial charge in [0, 0.05) is 12.1 Å². The van der Waals surface area contributed by atoms with Gasteiger partial charge in [-0.2, -0.15) is 5.10 Å². The van der Waals surface area contributed by atoms with E-state index in [9.17, 15) is 10.1 Å². The number of nitro benzene ring substituents is 1. The molecule has 0 amide bonds. The molecule has 0 fully saturated rings. The van der Waals surface area contributed by atoms with Crippen molar-refractivity contribution in [2.45, 2.75) is 6.42 Å². The van der Waals surface area contributed by atoms with Gasteiger partial charge in [0.05, 0.1) is 28.1 Å². The minimum Gasteiger partial charge on any atom is -0.342 e. The number of fused-ring (bicyclic) bond motifs is 1. The van der Waals surface area contributed by atoms with Crippen molar-refractivity contribution in [3.8, 4) is 0 Å². The summed E-state index contributed by atoms with van der Waals surface area (Å²) in [6.45, 7) is 0. The van der Waals surface area contributed by atoms with Crippen LogP contribution in [0.15, 0.2) is 53.6 Å². The van der Waals surface area contributed by atoms with Crippen LogP contribution in [0.1, 0.15) is 11.4 Å². The summed E-state index contributed by atoms with van der Waals surface area (Å²) in [4.78, 5) is 17.9. The number of benzene rings is 2. The number of nitrogens with two attached hydrogens (primary N) is 1. The highest BCUT2D eigenvalue weighted by molar-refractivity contribution is 6.01. The van der Waals surface area contributed by atoms with Crippen molar-refractivity contribution in [3.05, 3.63) is 70.0 Å². The van der Waals surface area contributed by atoms with E-state index in [4.69, 9.17) is 5.84 Å². The lowest BCUT2D eigenvalue weighted by Gasteiger charge is -2.03. The summed E-state index contributed by atoms with van der Waals surface area (Å²) in [7, 11) is 0. The summed E-state index contributed by atoms with van der Waals surface area (Å²) in [5, 5.41) is 14.5. The first-order valence-corrected chi connectivity index (χ1v) is 6.62. The maximum absolute atomic E-state index is 10.7. The van der Waals surface area contributed by atoms with Gasteiger partial charge < -0.3 is 10.8 Å². The Morgan fingerprint density at radius 3 is 2.59 bits per heavy atom. The van der Waals surface area contributed by atoms with Gasteiger partial charge in [-0.05, 0) is 29.8 Å². The Labute approximate surface area is 125 Å². The average molecular weight is 295 g/mol. The fraction of sp³-hybridized carbons (Fsp3) is 0.0667. The van der Waals surface area contributed by atoms with Crippen LogP contribution in [0.2, 0.25) is 0 Å². The molecule has 0 aliphatic carbocycles. The second kappa shape index (κ2) is 5.65. The molecular weight excluding hydrogens is 282 g/mol. The summed E-state index contributed by atoms with van der Waals surface area (Å²) in [6, 6.07) is 13.8.